The molecule has 16 nitrogen and oxygen atoms in total. The summed E-state index contributed by atoms with van der Waals surface area (Å²) < 4.78 is 19.8. The van der Waals surface area contributed by atoms with Gasteiger partial charge in [0.2, 0.25) is 0 Å². The third-order valence-electron chi connectivity index (χ3n) is 6.88. The minimum atomic E-state index is -0.951. The fraction of sp³-hybridized carbons (Fsp3) is 0.828. The third kappa shape index (κ3) is 14.6. The summed E-state index contributed by atoms with van der Waals surface area (Å²) in [6.07, 6.45) is -0.843. The smallest absolute Gasteiger partial charge is 0.410 e. The van der Waals surface area contributed by atoms with Crippen LogP contribution in [0.1, 0.15) is 41.5 Å². The van der Waals surface area contributed by atoms with Crippen LogP contribution < -0.4 is 10.6 Å². The molecular formula is C29H54N6O10. The molecule has 2 amide bonds. The highest BCUT2D eigenvalue weighted by molar-refractivity contribution is 5.78. The van der Waals surface area contributed by atoms with E-state index in [1.165, 1.54) is 19.1 Å². The van der Waals surface area contributed by atoms with Crippen LogP contribution in [0.3, 0.4) is 0 Å². The van der Waals surface area contributed by atoms with Crippen LogP contribution in [-0.4, -0.2) is 171 Å². The number of nitrogens with one attached hydrogen (secondary N) is 2. The third-order valence-corrected chi connectivity index (χ3v) is 6.88. The van der Waals surface area contributed by atoms with Gasteiger partial charge in [0, 0.05) is 45.8 Å². The minimum Gasteiger partial charge on any atom is -0.480 e. The topological polar surface area (TPSA) is 180 Å². The van der Waals surface area contributed by atoms with E-state index in [0.717, 1.165) is 13.1 Å². The van der Waals surface area contributed by atoms with Crippen molar-refractivity contribution in [3.63, 3.8) is 0 Å². The highest BCUT2D eigenvalue weighted by Gasteiger charge is 2.35. The Hall–Kier alpha value is -3.21. The highest BCUT2D eigenvalue weighted by Crippen LogP contribution is 2.15. The number of aliphatic carboxylic acids is 1. The number of hydrogen-bond acceptors (Lipinski definition) is 13. The summed E-state index contributed by atoms with van der Waals surface area (Å²) in [4.78, 5) is 63.9. The van der Waals surface area contributed by atoms with Gasteiger partial charge in [-0.1, -0.05) is 0 Å². The second-order valence-electron chi connectivity index (χ2n) is 12.9. The van der Waals surface area contributed by atoms with Crippen molar-refractivity contribution in [3.8, 4) is 0 Å². The molecule has 3 fully saturated rings. The lowest BCUT2D eigenvalue weighted by molar-refractivity contribution is -0.148. The van der Waals surface area contributed by atoms with Gasteiger partial charge in [-0.05, 0) is 55.6 Å². The van der Waals surface area contributed by atoms with E-state index in [9.17, 15) is 24.0 Å². The molecule has 3 N–H and O–H groups in total. The van der Waals surface area contributed by atoms with Gasteiger partial charge in [0.25, 0.3) is 0 Å². The lowest BCUT2D eigenvalue weighted by Crippen LogP contribution is -2.57. The Kier molecular flexibility index (Phi) is 16.0. The SMILES string of the molecule is CC(C)(C)OC(=O)N1CCNC(C(=O)O)C1.COC(=O)C1CN(C(=O)OC(C)(C)C)CCN1C.COC(=O)C1CNCCN1C. The van der Waals surface area contributed by atoms with Crippen LogP contribution in [0.2, 0.25) is 0 Å². The van der Waals surface area contributed by atoms with E-state index >= 15 is 0 Å². The van der Waals surface area contributed by atoms with Crippen molar-refractivity contribution in [2.75, 3.05) is 87.2 Å². The van der Waals surface area contributed by atoms with E-state index in [-0.39, 0.29) is 30.6 Å². The molecule has 0 bridgehead atoms. The molecule has 0 aromatic rings. The molecule has 3 aliphatic heterocycles. The molecule has 3 aliphatic rings. The van der Waals surface area contributed by atoms with Gasteiger partial charge in [0.1, 0.15) is 29.3 Å². The summed E-state index contributed by atoms with van der Waals surface area (Å²) in [6, 6.07) is -1.23. The maximum atomic E-state index is 11.9. The van der Waals surface area contributed by atoms with E-state index in [1.807, 2.05) is 44.7 Å². The van der Waals surface area contributed by atoms with Gasteiger partial charge in [0.15, 0.2) is 0 Å². The number of esters is 2. The first-order valence-corrected chi connectivity index (χ1v) is 15.0. The highest BCUT2D eigenvalue weighted by atomic mass is 16.6. The van der Waals surface area contributed by atoms with Gasteiger partial charge in [0.05, 0.1) is 27.3 Å². The van der Waals surface area contributed by atoms with Gasteiger partial charge < -0.3 is 44.5 Å². The zero-order chi connectivity index (χ0) is 34.5. The number of carboxylic acids is 1. The molecule has 0 radical (unpaired) electrons. The molecule has 0 aliphatic carbocycles. The fourth-order valence-electron chi connectivity index (χ4n) is 4.37. The Labute approximate surface area is 266 Å². The first-order valence-electron chi connectivity index (χ1n) is 15.0. The molecule has 3 heterocycles. The molecule has 260 valence electrons. The Morgan fingerprint density at radius 2 is 1.18 bits per heavy atom. The molecule has 3 unspecified atom stereocenters. The van der Waals surface area contributed by atoms with Crippen LogP contribution in [0, 0.1) is 0 Å². The fourth-order valence-corrected chi connectivity index (χ4v) is 4.37. The number of carbonyl (C=O) groups excluding carboxylic acids is 4. The number of likely N-dealkylation sites (N-methyl/N-ethyl adjacent to an activating group) is 2. The Morgan fingerprint density at radius 3 is 1.64 bits per heavy atom. The first kappa shape index (κ1) is 39.8. The van der Waals surface area contributed by atoms with Crippen LogP contribution in [-0.2, 0) is 33.3 Å². The van der Waals surface area contributed by atoms with Crippen molar-refractivity contribution in [1.29, 1.82) is 0 Å². The summed E-state index contributed by atoms with van der Waals surface area (Å²) in [5.74, 6) is -1.43. The number of carboxylic acid groups (broad SMARTS) is 1. The van der Waals surface area contributed by atoms with Gasteiger partial charge in [-0.15, -0.1) is 0 Å². The molecule has 16 heteroatoms. The van der Waals surface area contributed by atoms with Gasteiger partial charge in [-0.3, -0.25) is 24.2 Å². The maximum Gasteiger partial charge on any atom is 0.410 e. The number of nitrogens with zero attached hydrogens (tertiary/aromatic N) is 4. The van der Waals surface area contributed by atoms with Crippen LogP contribution in [0.4, 0.5) is 9.59 Å². The Bertz CT molecular complexity index is 999. The lowest BCUT2D eigenvalue weighted by Gasteiger charge is -2.38. The number of carbonyl (C=O) groups is 5. The van der Waals surface area contributed by atoms with E-state index < -0.39 is 35.3 Å². The minimum absolute atomic E-state index is 0.103. The largest absolute Gasteiger partial charge is 0.480 e. The molecular weight excluding hydrogens is 592 g/mol. The van der Waals surface area contributed by atoms with Gasteiger partial charge in [-0.25, -0.2) is 9.59 Å². The molecule has 0 aromatic carbocycles. The van der Waals surface area contributed by atoms with Gasteiger partial charge in [-0.2, -0.15) is 0 Å². The average Bonchev–Trinajstić information content (AvgIpc) is 2.95. The second-order valence-corrected chi connectivity index (χ2v) is 12.9. The van der Waals surface area contributed by atoms with Crippen molar-refractivity contribution in [2.45, 2.75) is 70.9 Å². The molecule has 0 aromatic heterocycles. The van der Waals surface area contributed by atoms with Crippen molar-refractivity contribution in [3.05, 3.63) is 0 Å². The lowest BCUT2D eigenvalue weighted by atomic mass is 10.2. The number of hydrogen-bond donors (Lipinski definition) is 3. The number of amides is 2. The van der Waals surface area contributed by atoms with E-state index in [2.05, 4.69) is 15.4 Å². The van der Waals surface area contributed by atoms with E-state index in [0.29, 0.717) is 39.3 Å². The summed E-state index contributed by atoms with van der Waals surface area (Å²) in [7, 11) is 6.55. The molecule has 0 saturated carbocycles. The van der Waals surface area contributed by atoms with Crippen LogP contribution >= 0.6 is 0 Å². The summed E-state index contributed by atoms with van der Waals surface area (Å²) in [5.41, 5.74) is -1.08. The Morgan fingerprint density at radius 1 is 0.689 bits per heavy atom. The quantitative estimate of drug-likeness (QED) is 0.277. The van der Waals surface area contributed by atoms with Crippen LogP contribution in [0.5, 0.6) is 0 Å². The average molecular weight is 647 g/mol. The maximum absolute atomic E-state index is 11.9. The van der Waals surface area contributed by atoms with Crippen molar-refractivity contribution >= 4 is 30.1 Å². The molecule has 3 saturated heterocycles. The molecule has 3 atom stereocenters. The van der Waals surface area contributed by atoms with Crippen molar-refractivity contribution < 1.29 is 48.0 Å². The summed E-state index contributed by atoms with van der Waals surface area (Å²) in [5, 5.41) is 14.8. The standard InChI is InChI=1S/C12H22N2O4.C10H18N2O4.C7H14N2O2/c1-12(2,3)18-11(16)14-7-6-13(4)9(8-14)10(15)17-5;1-10(2,3)16-9(15)12-5-4-11-7(6-12)8(13)14;1-9-4-3-8-5-6(9)7(10)11-2/h9H,6-8H2,1-5H3;7,11H,4-6H2,1-3H3,(H,13,14);6,8H,3-5H2,1-2H3. The number of ether oxygens (including phenoxy) is 4. The Balaban J connectivity index is 0.000000347. The number of methoxy groups -OCH3 is 2. The predicted molar refractivity (Wildman–Crippen MR) is 165 cm³/mol. The van der Waals surface area contributed by atoms with Crippen LogP contribution in [0.15, 0.2) is 0 Å². The van der Waals surface area contributed by atoms with Crippen molar-refractivity contribution in [2.24, 2.45) is 0 Å². The number of rotatable bonds is 3. The zero-order valence-corrected chi connectivity index (χ0v) is 28.5. The van der Waals surface area contributed by atoms with Crippen LogP contribution in [0.25, 0.3) is 0 Å². The van der Waals surface area contributed by atoms with Crippen molar-refractivity contribution in [1.82, 2.24) is 30.2 Å². The van der Waals surface area contributed by atoms with E-state index in [1.54, 1.807) is 25.7 Å². The normalized spacial score (nSPS) is 22.8. The molecule has 0 spiro atoms. The zero-order valence-electron chi connectivity index (χ0n) is 28.5. The predicted octanol–water partition coefficient (Wildman–Crippen LogP) is 0.0534. The monoisotopic (exact) mass is 646 g/mol. The van der Waals surface area contributed by atoms with Gasteiger partial charge >= 0.3 is 30.1 Å². The summed E-state index contributed by atoms with van der Waals surface area (Å²) in [6.45, 7) is 15.9. The number of piperazine rings is 3. The second kappa shape index (κ2) is 18.1. The molecule has 3 rings (SSSR count). The molecule has 45 heavy (non-hydrogen) atoms. The summed E-state index contributed by atoms with van der Waals surface area (Å²) >= 11 is 0. The first-order chi connectivity index (χ1) is 20.8. The van der Waals surface area contributed by atoms with E-state index in [4.69, 9.17) is 19.3 Å².